The molecule has 0 radical (unpaired) electrons. The largest absolute Gasteiger partial charge is 0.508 e. The van der Waals surface area contributed by atoms with Crippen LogP contribution in [-0.2, 0) is 0 Å². The van der Waals surface area contributed by atoms with Crippen LogP contribution in [0.15, 0.2) is 78.9 Å². The Kier molecular flexibility index (Phi) is 6.41. The molecule has 0 spiro atoms. The predicted octanol–water partition coefficient (Wildman–Crippen LogP) is 6.43. The van der Waals surface area contributed by atoms with Crippen molar-refractivity contribution in [1.82, 2.24) is 0 Å². The van der Waals surface area contributed by atoms with Gasteiger partial charge in [-0.15, -0.1) is 0 Å². The molecule has 4 aromatic rings. The topological polar surface area (TPSA) is 40.5 Å². The molecule has 0 aliphatic heterocycles. The van der Waals surface area contributed by atoms with Gasteiger partial charge in [-0.05, 0) is 52.2 Å². The molecule has 0 saturated heterocycles. The number of phenolic OH excluding ortho intramolecular Hbond substituents is 2. The lowest BCUT2D eigenvalue weighted by atomic mass is 10.1. The summed E-state index contributed by atoms with van der Waals surface area (Å²) in [5.41, 5.74) is 0.952. The third kappa shape index (κ3) is 4.51. The van der Waals surface area contributed by atoms with E-state index in [9.17, 15) is 5.11 Å². The number of benzene rings is 4. The quantitative estimate of drug-likeness (QED) is 0.390. The Morgan fingerprint density at radius 3 is 1.88 bits per heavy atom. The molecule has 0 atom stereocenters. The summed E-state index contributed by atoms with van der Waals surface area (Å²) < 4.78 is 0. The highest BCUT2D eigenvalue weighted by atomic mass is 16.3. The molecule has 0 fully saturated rings. The molecule has 0 aliphatic rings. The fraction of sp³-hybridized carbons (Fsp3) is 0.130. The van der Waals surface area contributed by atoms with Gasteiger partial charge in [0.15, 0.2) is 0 Å². The van der Waals surface area contributed by atoms with Crippen LogP contribution in [0.3, 0.4) is 0 Å². The standard InChI is InChI=1S/C11H10O.C10H8O.C2H6/c1-8-10-5-3-2-4-9(10)6-7-11(8)12;11-10-6-5-8-3-1-2-4-9(8)7-10;1-2/h2-7,12H,1H3;1-7,11H;1-2H3. The van der Waals surface area contributed by atoms with Gasteiger partial charge in [-0.2, -0.15) is 0 Å². The number of hydrogen-bond donors (Lipinski definition) is 2. The van der Waals surface area contributed by atoms with Gasteiger partial charge in [-0.25, -0.2) is 0 Å². The van der Waals surface area contributed by atoms with Gasteiger partial charge < -0.3 is 10.2 Å². The van der Waals surface area contributed by atoms with Crippen LogP contribution in [0, 0.1) is 6.92 Å². The van der Waals surface area contributed by atoms with E-state index >= 15 is 0 Å². The zero-order chi connectivity index (χ0) is 18.2. The van der Waals surface area contributed by atoms with Gasteiger partial charge >= 0.3 is 0 Å². The fourth-order valence-electron chi connectivity index (χ4n) is 2.59. The smallest absolute Gasteiger partial charge is 0.119 e. The summed E-state index contributed by atoms with van der Waals surface area (Å²) in [6, 6.07) is 25.0. The van der Waals surface area contributed by atoms with Crippen LogP contribution >= 0.6 is 0 Å². The van der Waals surface area contributed by atoms with Crippen LogP contribution < -0.4 is 0 Å². The van der Waals surface area contributed by atoms with E-state index in [-0.39, 0.29) is 0 Å². The van der Waals surface area contributed by atoms with Crippen LogP contribution in [0.1, 0.15) is 19.4 Å². The summed E-state index contributed by atoms with van der Waals surface area (Å²) >= 11 is 0. The van der Waals surface area contributed by atoms with Crippen LogP contribution in [0.2, 0.25) is 0 Å². The zero-order valence-electron chi connectivity index (χ0n) is 14.9. The van der Waals surface area contributed by atoms with E-state index in [2.05, 4.69) is 0 Å². The van der Waals surface area contributed by atoms with Crippen LogP contribution in [0.25, 0.3) is 21.5 Å². The minimum Gasteiger partial charge on any atom is -0.508 e. The molecular formula is C23H24O2. The minimum absolute atomic E-state index is 0.323. The molecule has 128 valence electrons. The Balaban J connectivity index is 0.000000165. The van der Waals surface area contributed by atoms with Crippen molar-refractivity contribution in [3.05, 3.63) is 84.4 Å². The van der Waals surface area contributed by atoms with Crippen LogP contribution in [0.4, 0.5) is 0 Å². The summed E-state index contributed by atoms with van der Waals surface area (Å²) in [4.78, 5) is 0. The van der Waals surface area contributed by atoms with Gasteiger partial charge in [0.1, 0.15) is 11.5 Å². The summed E-state index contributed by atoms with van der Waals surface area (Å²) in [6.07, 6.45) is 0. The Labute approximate surface area is 149 Å². The molecule has 4 rings (SSSR count). The molecule has 2 heteroatoms. The number of fused-ring (bicyclic) bond motifs is 2. The number of phenols is 2. The van der Waals surface area contributed by atoms with Gasteiger partial charge in [0.25, 0.3) is 0 Å². The first-order valence-electron chi connectivity index (χ1n) is 8.50. The predicted molar refractivity (Wildman–Crippen MR) is 107 cm³/mol. The Morgan fingerprint density at radius 2 is 1.16 bits per heavy atom. The molecule has 2 N–H and O–H groups in total. The minimum atomic E-state index is 0.323. The van der Waals surface area contributed by atoms with Crippen molar-refractivity contribution in [1.29, 1.82) is 0 Å². The highest BCUT2D eigenvalue weighted by Crippen LogP contribution is 2.25. The highest BCUT2D eigenvalue weighted by Gasteiger charge is 1.99. The molecule has 2 nitrogen and oxygen atoms in total. The van der Waals surface area contributed by atoms with Crippen molar-refractivity contribution >= 4 is 21.5 Å². The Bertz CT molecular complexity index is 958. The third-order valence-corrected chi connectivity index (χ3v) is 3.90. The second-order valence-corrected chi connectivity index (χ2v) is 5.46. The average Bonchev–Trinajstić information content (AvgIpc) is 2.67. The summed E-state index contributed by atoms with van der Waals surface area (Å²) in [5.74, 6) is 0.692. The van der Waals surface area contributed by atoms with Gasteiger partial charge in [-0.3, -0.25) is 0 Å². The lowest BCUT2D eigenvalue weighted by molar-refractivity contribution is 0.472. The van der Waals surface area contributed by atoms with E-state index in [0.29, 0.717) is 11.5 Å². The lowest BCUT2D eigenvalue weighted by Gasteiger charge is -2.02. The SMILES string of the molecule is CC.Cc1c(O)ccc2ccccc12.Oc1ccc2ccccc2c1. The number of rotatable bonds is 0. The highest BCUT2D eigenvalue weighted by molar-refractivity contribution is 5.87. The maximum atomic E-state index is 9.42. The zero-order valence-corrected chi connectivity index (χ0v) is 14.9. The normalized spacial score (nSPS) is 9.72. The summed E-state index contributed by atoms with van der Waals surface area (Å²) in [7, 11) is 0. The van der Waals surface area contributed by atoms with Crippen LogP contribution in [0.5, 0.6) is 11.5 Å². The molecule has 0 heterocycles. The molecule has 0 saturated carbocycles. The van der Waals surface area contributed by atoms with Crippen molar-refractivity contribution in [3.8, 4) is 11.5 Å². The maximum absolute atomic E-state index is 9.42. The molecule has 0 aliphatic carbocycles. The maximum Gasteiger partial charge on any atom is 0.119 e. The molecular weight excluding hydrogens is 308 g/mol. The average molecular weight is 332 g/mol. The number of aromatic hydroxyl groups is 2. The van der Waals surface area contributed by atoms with Crippen molar-refractivity contribution in [2.24, 2.45) is 0 Å². The van der Waals surface area contributed by atoms with E-state index in [1.165, 1.54) is 5.39 Å². The van der Waals surface area contributed by atoms with Crippen molar-refractivity contribution in [3.63, 3.8) is 0 Å². The van der Waals surface area contributed by atoms with Crippen molar-refractivity contribution in [2.75, 3.05) is 0 Å². The number of hydrogen-bond acceptors (Lipinski definition) is 2. The van der Waals surface area contributed by atoms with Gasteiger partial charge in [0.05, 0.1) is 0 Å². The van der Waals surface area contributed by atoms with Gasteiger partial charge in [0.2, 0.25) is 0 Å². The third-order valence-electron chi connectivity index (χ3n) is 3.90. The summed E-state index contributed by atoms with van der Waals surface area (Å²) in [6.45, 7) is 5.93. The first-order chi connectivity index (χ1) is 12.1. The molecule has 25 heavy (non-hydrogen) atoms. The first kappa shape index (κ1) is 18.3. The molecule has 0 unspecified atom stereocenters. The summed E-state index contributed by atoms with van der Waals surface area (Å²) in [5, 5.41) is 23.1. The van der Waals surface area contributed by atoms with Gasteiger partial charge in [0, 0.05) is 0 Å². The van der Waals surface area contributed by atoms with Crippen molar-refractivity contribution in [2.45, 2.75) is 20.8 Å². The van der Waals surface area contributed by atoms with Crippen molar-refractivity contribution < 1.29 is 10.2 Å². The fourth-order valence-corrected chi connectivity index (χ4v) is 2.59. The second kappa shape index (κ2) is 8.74. The molecule has 0 aromatic heterocycles. The van der Waals surface area contributed by atoms with Gasteiger partial charge in [-0.1, -0.05) is 74.5 Å². The van der Waals surface area contributed by atoms with E-state index < -0.39 is 0 Å². The van der Waals surface area contributed by atoms with E-state index in [4.69, 9.17) is 5.11 Å². The van der Waals surface area contributed by atoms with E-state index in [0.717, 1.165) is 21.7 Å². The molecule has 4 aromatic carbocycles. The monoisotopic (exact) mass is 332 g/mol. The first-order valence-corrected chi connectivity index (χ1v) is 8.50. The van der Waals surface area contributed by atoms with E-state index in [1.54, 1.807) is 18.2 Å². The molecule has 0 amide bonds. The molecule has 0 bridgehead atoms. The number of aryl methyl sites for hydroxylation is 1. The van der Waals surface area contributed by atoms with E-state index in [1.807, 2.05) is 81.4 Å². The Morgan fingerprint density at radius 1 is 0.600 bits per heavy atom. The van der Waals surface area contributed by atoms with Crippen LogP contribution in [-0.4, -0.2) is 10.2 Å². The lowest BCUT2D eigenvalue weighted by Crippen LogP contribution is -1.78. The Hall–Kier alpha value is -3.00. The second-order valence-electron chi connectivity index (χ2n) is 5.46.